The first-order valence-corrected chi connectivity index (χ1v) is 6.18. The molecule has 17 heavy (non-hydrogen) atoms. The summed E-state index contributed by atoms with van der Waals surface area (Å²) in [6, 6.07) is 19.0. The van der Waals surface area contributed by atoms with E-state index in [2.05, 4.69) is 60.7 Å². The van der Waals surface area contributed by atoms with Crippen LogP contribution >= 0.6 is 0 Å². The van der Waals surface area contributed by atoms with Gasteiger partial charge in [-0.3, -0.25) is 0 Å². The fraction of sp³-hybridized carbons (Fsp3) is 0.176. The van der Waals surface area contributed by atoms with E-state index in [-0.39, 0.29) is 0 Å². The summed E-state index contributed by atoms with van der Waals surface area (Å²) in [4.78, 5) is 0. The smallest absolute Gasteiger partial charge is 0.0178 e. The van der Waals surface area contributed by atoms with E-state index in [0.717, 1.165) is 0 Å². The summed E-state index contributed by atoms with van der Waals surface area (Å²) >= 11 is 0. The van der Waals surface area contributed by atoms with Gasteiger partial charge < -0.3 is 0 Å². The van der Waals surface area contributed by atoms with E-state index in [4.69, 9.17) is 0 Å². The Balaban J connectivity index is 0.000000686. The van der Waals surface area contributed by atoms with Crippen molar-refractivity contribution < 1.29 is 0 Å². The summed E-state index contributed by atoms with van der Waals surface area (Å²) in [6.07, 6.45) is 4.18. The highest BCUT2D eigenvalue weighted by molar-refractivity contribution is 5.67. The normalized spacial score (nSPS) is 9.82. The van der Waals surface area contributed by atoms with Crippen molar-refractivity contribution in [2.24, 2.45) is 0 Å². The quantitative estimate of drug-likeness (QED) is 0.639. The summed E-state index contributed by atoms with van der Waals surface area (Å²) in [5.74, 6) is 0. The number of hydrogen-bond donors (Lipinski definition) is 0. The minimum Gasteiger partial charge on any atom is -0.0871 e. The highest BCUT2D eigenvalue weighted by Gasteiger charge is 1.95. The molecule has 0 aliphatic carbocycles. The predicted molar refractivity (Wildman–Crippen MR) is 77.9 cm³/mol. The van der Waals surface area contributed by atoms with Gasteiger partial charge in [0.1, 0.15) is 0 Å². The van der Waals surface area contributed by atoms with Crippen molar-refractivity contribution in [1.82, 2.24) is 0 Å². The van der Waals surface area contributed by atoms with Gasteiger partial charge in [0, 0.05) is 0 Å². The van der Waals surface area contributed by atoms with E-state index in [1.165, 1.54) is 16.7 Å². The fourth-order valence-electron chi connectivity index (χ4n) is 1.64. The standard InChI is InChI=1S/C15H14.C2H6/c1-2-7-13-8-6-11-15(12-13)14-9-4-3-5-10-14;1-2/h2-12H,1H3;1-2H3/b7-2+;. The van der Waals surface area contributed by atoms with Crippen LogP contribution in [0.25, 0.3) is 17.2 Å². The van der Waals surface area contributed by atoms with Crippen molar-refractivity contribution in [3.05, 3.63) is 66.2 Å². The van der Waals surface area contributed by atoms with Crippen LogP contribution in [0, 0.1) is 0 Å². The van der Waals surface area contributed by atoms with Crippen molar-refractivity contribution in [3.8, 4) is 11.1 Å². The van der Waals surface area contributed by atoms with Crippen LogP contribution in [-0.4, -0.2) is 0 Å². The third-order valence-corrected chi connectivity index (χ3v) is 2.35. The largest absolute Gasteiger partial charge is 0.0871 e. The lowest BCUT2D eigenvalue weighted by Crippen LogP contribution is -1.78. The van der Waals surface area contributed by atoms with Crippen LogP contribution < -0.4 is 0 Å². The lowest BCUT2D eigenvalue weighted by atomic mass is 10.0. The van der Waals surface area contributed by atoms with E-state index in [1.807, 2.05) is 26.8 Å². The molecular formula is C17H20. The van der Waals surface area contributed by atoms with E-state index < -0.39 is 0 Å². The first-order chi connectivity index (χ1) is 8.40. The van der Waals surface area contributed by atoms with Gasteiger partial charge in [-0.25, -0.2) is 0 Å². The summed E-state index contributed by atoms with van der Waals surface area (Å²) in [6.45, 7) is 6.04. The van der Waals surface area contributed by atoms with Crippen molar-refractivity contribution in [2.75, 3.05) is 0 Å². The van der Waals surface area contributed by atoms with Gasteiger partial charge in [0.25, 0.3) is 0 Å². The number of rotatable bonds is 2. The van der Waals surface area contributed by atoms with Crippen molar-refractivity contribution in [1.29, 1.82) is 0 Å². The molecule has 2 rings (SSSR count). The van der Waals surface area contributed by atoms with Crippen molar-refractivity contribution in [2.45, 2.75) is 20.8 Å². The lowest BCUT2D eigenvalue weighted by Gasteiger charge is -2.02. The predicted octanol–water partition coefficient (Wildman–Crippen LogP) is 5.41. The molecule has 88 valence electrons. The molecule has 2 aromatic rings. The molecule has 0 saturated heterocycles. The number of benzene rings is 2. The van der Waals surface area contributed by atoms with E-state index in [0.29, 0.717) is 0 Å². The van der Waals surface area contributed by atoms with Gasteiger partial charge in [0.15, 0.2) is 0 Å². The minimum atomic E-state index is 1.25. The third-order valence-electron chi connectivity index (χ3n) is 2.35. The molecule has 0 spiro atoms. The Morgan fingerprint density at radius 2 is 1.41 bits per heavy atom. The van der Waals surface area contributed by atoms with Gasteiger partial charge in [0.05, 0.1) is 0 Å². The Morgan fingerprint density at radius 3 is 2.06 bits per heavy atom. The van der Waals surface area contributed by atoms with E-state index >= 15 is 0 Å². The van der Waals surface area contributed by atoms with Crippen LogP contribution in [0.15, 0.2) is 60.7 Å². The average molecular weight is 224 g/mol. The van der Waals surface area contributed by atoms with Gasteiger partial charge >= 0.3 is 0 Å². The summed E-state index contributed by atoms with van der Waals surface area (Å²) in [5, 5.41) is 0. The van der Waals surface area contributed by atoms with Crippen LogP contribution in [0.4, 0.5) is 0 Å². The topological polar surface area (TPSA) is 0 Å². The molecule has 0 N–H and O–H groups in total. The highest BCUT2D eigenvalue weighted by Crippen LogP contribution is 2.20. The molecule has 0 heterocycles. The number of hydrogen-bond acceptors (Lipinski definition) is 0. The summed E-state index contributed by atoms with van der Waals surface area (Å²) < 4.78 is 0. The fourth-order valence-corrected chi connectivity index (χ4v) is 1.64. The molecule has 0 bridgehead atoms. The van der Waals surface area contributed by atoms with Crippen molar-refractivity contribution in [3.63, 3.8) is 0 Å². The summed E-state index contributed by atoms with van der Waals surface area (Å²) in [5.41, 5.74) is 3.79. The molecule has 0 aliphatic rings. The molecule has 0 saturated carbocycles. The molecule has 0 unspecified atom stereocenters. The second-order valence-corrected chi connectivity index (χ2v) is 3.49. The highest BCUT2D eigenvalue weighted by atomic mass is 14.0. The Labute approximate surface area is 105 Å². The van der Waals surface area contributed by atoms with Crippen LogP contribution in [-0.2, 0) is 0 Å². The monoisotopic (exact) mass is 224 g/mol. The Hall–Kier alpha value is -1.82. The maximum Gasteiger partial charge on any atom is -0.0178 e. The second kappa shape index (κ2) is 7.45. The second-order valence-electron chi connectivity index (χ2n) is 3.49. The van der Waals surface area contributed by atoms with Gasteiger partial charge in [-0.2, -0.15) is 0 Å². The average Bonchev–Trinajstić information content (AvgIpc) is 2.43. The summed E-state index contributed by atoms with van der Waals surface area (Å²) in [7, 11) is 0. The zero-order valence-corrected chi connectivity index (χ0v) is 10.9. The maximum atomic E-state index is 2.20. The molecule has 0 aliphatic heterocycles. The first-order valence-electron chi connectivity index (χ1n) is 6.18. The van der Waals surface area contributed by atoms with Crippen molar-refractivity contribution >= 4 is 6.08 Å². The van der Waals surface area contributed by atoms with Crippen LogP contribution in [0.5, 0.6) is 0 Å². The Bertz CT molecular complexity index is 452. The van der Waals surface area contributed by atoms with Crippen LogP contribution in [0.2, 0.25) is 0 Å². The maximum absolute atomic E-state index is 2.20. The molecule has 0 atom stereocenters. The van der Waals surface area contributed by atoms with Gasteiger partial charge in [-0.1, -0.05) is 74.5 Å². The first kappa shape index (κ1) is 13.2. The number of allylic oxidation sites excluding steroid dienone is 1. The molecular weight excluding hydrogens is 204 g/mol. The van der Waals surface area contributed by atoms with Gasteiger partial charge in [-0.15, -0.1) is 0 Å². The minimum absolute atomic E-state index is 1.25. The molecule has 0 fully saturated rings. The molecule has 2 aromatic carbocycles. The zero-order chi connectivity index (χ0) is 12.5. The molecule has 0 amide bonds. The lowest BCUT2D eigenvalue weighted by molar-refractivity contribution is 1.50. The van der Waals surface area contributed by atoms with Crippen LogP contribution in [0.3, 0.4) is 0 Å². The third kappa shape index (κ3) is 3.92. The van der Waals surface area contributed by atoms with E-state index in [1.54, 1.807) is 0 Å². The Morgan fingerprint density at radius 1 is 0.765 bits per heavy atom. The zero-order valence-electron chi connectivity index (χ0n) is 10.9. The molecule has 0 aromatic heterocycles. The Kier molecular flexibility index (Phi) is 5.81. The van der Waals surface area contributed by atoms with E-state index in [9.17, 15) is 0 Å². The molecule has 0 nitrogen and oxygen atoms in total. The van der Waals surface area contributed by atoms with Gasteiger partial charge in [0.2, 0.25) is 0 Å². The molecule has 0 heteroatoms. The van der Waals surface area contributed by atoms with Crippen LogP contribution in [0.1, 0.15) is 26.3 Å². The van der Waals surface area contributed by atoms with Gasteiger partial charge in [-0.05, 0) is 29.7 Å². The molecule has 0 radical (unpaired) electrons. The SMILES string of the molecule is C/C=C/c1cccc(-c2ccccc2)c1.CC.